The van der Waals surface area contributed by atoms with Crippen LogP contribution in [-0.2, 0) is 14.4 Å². The molecule has 1 amide bonds. The Hall–Kier alpha value is -1.74. The van der Waals surface area contributed by atoms with Crippen molar-refractivity contribution in [2.75, 3.05) is 19.7 Å². The summed E-state index contributed by atoms with van der Waals surface area (Å²) in [5, 5.41) is 10.0. The van der Waals surface area contributed by atoms with Gasteiger partial charge < -0.3 is 10.0 Å². The van der Waals surface area contributed by atoms with E-state index in [9.17, 15) is 9.59 Å². The second-order valence-corrected chi connectivity index (χ2v) is 5.62. The largest absolute Gasteiger partial charge is 0.481 e. The molecule has 0 radical (unpaired) electrons. The standard InChI is InChI=1S/C15H24N2O4/c1-4-5-14(18)17(21-11-12(2)3)9-8-16-7-6-13(10-16)15(19)20/h12-13H,4-7,10-11H2,1-3H3,(H,19,20). The number of carboxylic acid groups (broad SMARTS) is 1. The van der Waals surface area contributed by atoms with Crippen molar-refractivity contribution in [1.29, 1.82) is 0 Å². The highest BCUT2D eigenvalue weighted by Crippen LogP contribution is 2.15. The molecule has 0 aromatic carbocycles. The molecule has 1 N–H and O–H groups in total. The van der Waals surface area contributed by atoms with Gasteiger partial charge in [0.25, 0.3) is 5.91 Å². The van der Waals surface area contributed by atoms with Crippen LogP contribution >= 0.6 is 0 Å². The molecule has 1 aliphatic rings. The summed E-state index contributed by atoms with van der Waals surface area (Å²) in [7, 11) is 0. The first-order valence-electron chi connectivity index (χ1n) is 7.39. The SMILES string of the molecule is CCCC(=O)N(C#CN1CCC(C(=O)O)C1)OCC(C)C. The molecule has 21 heavy (non-hydrogen) atoms. The highest BCUT2D eigenvalue weighted by atomic mass is 16.7. The van der Waals surface area contributed by atoms with Gasteiger partial charge in [-0.3, -0.25) is 14.4 Å². The number of rotatable bonds is 6. The molecule has 0 saturated carbocycles. The minimum atomic E-state index is -0.797. The summed E-state index contributed by atoms with van der Waals surface area (Å²) in [6.45, 7) is 7.32. The first kappa shape index (κ1) is 17.3. The Balaban J connectivity index is 2.62. The van der Waals surface area contributed by atoms with Gasteiger partial charge in [-0.25, -0.2) is 0 Å². The number of carbonyl (C=O) groups excluding carboxylic acids is 1. The lowest BCUT2D eigenvalue weighted by Gasteiger charge is -2.17. The lowest BCUT2D eigenvalue weighted by atomic mass is 10.1. The molecule has 0 aliphatic carbocycles. The molecule has 118 valence electrons. The normalized spacial score (nSPS) is 17.5. The van der Waals surface area contributed by atoms with Crippen LogP contribution in [0.25, 0.3) is 0 Å². The molecule has 0 bridgehead atoms. The average molecular weight is 296 g/mol. The Kier molecular flexibility index (Phi) is 7.03. The number of likely N-dealkylation sites (tertiary alicyclic amines) is 1. The van der Waals surface area contributed by atoms with Gasteiger partial charge in [-0.1, -0.05) is 20.8 Å². The zero-order chi connectivity index (χ0) is 15.8. The molecule has 1 fully saturated rings. The third-order valence-electron chi connectivity index (χ3n) is 3.07. The predicted octanol–water partition coefficient (Wildman–Crippen LogP) is 1.53. The van der Waals surface area contributed by atoms with Crippen LogP contribution in [-0.4, -0.2) is 46.6 Å². The van der Waals surface area contributed by atoms with Crippen molar-refractivity contribution in [2.24, 2.45) is 11.8 Å². The molecule has 1 aliphatic heterocycles. The van der Waals surface area contributed by atoms with Crippen LogP contribution in [0.3, 0.4) is 0 Å². The number of hydroxylamine groups is 2. The second kappa shape index (κ2) is 8.53. The first-order valence-corrected chi connectivity index (χ1v) is 7.39. The molecule has 0 aromatic heterocycles. The summed E-state index contributed by atoms with van der Waals surface area (Å²) in [4.78, 5) is 30.0. The van der Waals surface area contributed by atoms with Crippen LogP contribution < -0.4 is 0 Å². The maximum absolute atomic E-state index is 11.9. The van der Waals surface area contributed by atoms with E-state index < -0.39 is 5.97 Å². The number of hydrogen-bond acceptors (Lipinski definition) is 4. The van der Waals surface area contributed by atoms with Crippen molar-refractivity contribution in [3.8, 4) is 12.1 Å². The minimum absolute atomic E-state index is 0.167. The fraction of sp³-hybridized carbons (Fsp3) is 0.733. The van der Waals surface area contributed by atoms with Gasteiger partial charge in [-0.05, 0) is 18.8 Å². The number of aliphatic carboxylic acids is 1. The van der Waals surface area contributed by atoms with Crippen LogP contribution in [0.4, 0.5) is 0 Å². The van der Waals surface area contributed by atoms with E-state index in [0.29, 0.717) is 38.5 Å². The van der Waals surface area contributed by atoms with Gasteiger partial charge in [0.15, 0.2) is 0 Å². The first-order chi connectivity index (χ1) is 9.93. The molecule has 0 aromatic rings. The van der Waals surface area contributed by atoms with Crippen molar-refractivity contribution in [2.45, 2.75) is 40.0 Å². The van der Waals surface area contributed by atoms with Crippen LogP contribution in [0.2, 0.25) is 0 Å². The van der Waals surface area contributed by atoms with Crippen molar-refractivity contribution < 1.29 is 19.5 Å². The zero-order valence-corrected chi connectivity index (χ0v) is 13.0. The summed E-state index contributed by atoms with van der Waals surface area (Å²) < 4.78 is 0. The highest BCUT2D eigenvalue weighted by molar-refractivity contribution is 5.76. The molecule has 0 spiro atoms. The Labute approximate surface area is 126 Å². The second-order valence-electron chi connectivity index (χ2n) is 5.62. The monoisotopic (exact) mass is 296 g/mol. The number of carbonyl (C=O) groups is 2. The van der Waals surface area contributed by atoms with Gasteiger partial charge in [0, 0.05) is 25.6 Å². The number of nitrogens with zero attached hydrogens (tertiary/aromatic N) is 2. The van der Waals surface area contributed by atoms with Crippen molar-refractivity contribution in [1.82, 2.24) is 9.96 Å². The van der Waals surface area contributed by atoms with Gasteiger partial charge >= 0.3 is 5.97 Å². The molecular weight excluding hydrogens is 272 g/mol. The van der Waals surface area contributed by atoms with Crippen molar-refractivity contribution in [3.05, 3.63) is 0 Å². The Morgan fingerprint density at radius 1 is 1.48 bits per heavy atom. The molecule has 1 rings (SSSR count). The fourth-order valence-corrected chi connectivity index (χ4v) is 1.89. The van der Waals surface area contributed by atoms with E-state index in [-0.39, 0.29) is 11.8 Å². The molecule has 1 heterocycles. The number of carboxylic acids is 1. The summed E-state index contributed by atoms with van der Waals surface area (Å²) in [5.41, 5.74) is 0. The third-order valence-corrected chi connectivity index (χ3v) is 3.07. The summed E-state index contributed by atoms with van der Waals surface area (Å²) >= 11 is 0. The van der Waals surface area contributed by atoms with E-state index in [0.717, 1.165) is 11.5 Å². The van der Waals surface area contributed by atoms with Crippen LogP contribution in [0.5, 0.6) is 0 Å². The summed E-state index contributed by atoms with van der Waals surface area (Å²) in [6, 6.07) is 5.54. The lowest BCUT2D eigenvalue weighted by Crippen LogP contribution is -2.29. The molecule has 1 saturated heterocycles. The summed E-state index contributed by atoms with van der Waals surface area (Å²) in [6.07, 6.45) is 1.69. The van der Waals surface area contributed by atoms with Gasteiger partial charge in [0.05, 0.1) is 18.6 Å². The Morgan fingerprint density at radius 2 is 2.19 bits per heavy atom. The highest BCUT2D eigenvalue weighted by Gasteiger charge is 2.26. The molecular formula is C15H24N2O4. The van der Waals surface area contributed by atoms with Crippen LogP contribution in [0, 0.1) is 23.9 Å². The van der Waals surface area contributed by atoms with E-state index >= 15 is 0 Å². The average Bonchev–Trinajstić information content (AvgIpc) is 2.87. The van der Waals surface area contributed by atoms with Gasteiger partial charge in [-0.15, -0.1) is 5.06 Å². The molecule has 1 atom stereocenters. The maximum Gasteiger partial charge on any atom is 0.308 e. The minimum Gasteiger partial charge on any atom is -0.481 e. The number of amides is 1. The third kappa shape index (κ3) is 6.05. The predicted molar refractivity (Wildman–Crippen MR) is 77.6 cm³/mol. The van der Waals surface area contributed by atoms with E-state index in [1.165, 1.54) is 0 Å². The van der Waals surface area contributed by atoms with E-state index in [1.807, 2.05) is 20.8 Å². The quantitative estimate of drug-likeness (QED) is 0.457. The molecule has 1 unspecified atom stereocenters. The smallest absolute Gasteiger partial charge is 0.308 e. The van der Waals surface area contributed by atoms with E-state index in [1.54, 1.807) is 4.90 Å². The van der Waals surface area contributed by atoms with E-state index in [4.69, 9.17) is 9.94 Å². The number of hydrogen-bond donors (Lipinski definition) is 1. The topological polar surface area (TPSA) is 70.1 Å². The maximum atomic E-state index is 11.9. The van der Waals surface area contributed by atoms with Gasteiger partial charge in [-0.2, -0.15) is 0 Å². The van der Waals surface area contributed by atoms with Crippen molar-refractivity contribution in [3.63, 3.8) is 0 Å². The lowest BCUT2D eigenvalue weighted by molar-refractivity contribution is -0.170. The molecule has 6 nitrogen and oxygen atoms in total. The molecule has 6 heteroatoms. The Morgan fingerprint density at radius 3 is 2.71 bits per heavy atom. The zero-order valence-electron chi connectivity index (χ0n) is 13.0. The Bertz CT molecular complexity index is 425. The van der Waals surface area contributed by atoms with Crippen molar-refractivity contribution >= 4 is 11.9 Å². The van der Waals surface area contributed by atoms with E-state index in [2.05, 4.69) is 12.1 Å². The van der Waals surface area contributed by atoms with Crippen LogP contribution in [0.15, 0.2) is 0 Å². The van der Waals surface area contributed by atoms with Crippen LogP contribution in [0.1, 0.15) is 40.0 Å². The summed E-state index contributed by atoms with van der Waals surface area (Å²) in [5.74, 6) is -1.04. The van der Waals surface area contributed by atoms with Gasteiger partial charge in [0.1, 0.15) is 0 Å². The van der Waals surface area contributed by atoms with Gasteiger partial charge in [0.2, 0.25) is 0 Å². The fourth-order valence-electron chi connectivity index (χ4n) is 1.89.